The number of hydrogen-bond acceptors (Lipinski definition) is 4. The van der Waals surface area contributed by atoms with Crippen LogP contribution in [0.25, 0.3) is 5.95 Å². The summed E-state index contributed by atoms with van der Waals surface area (Å²) in [5.41, 5.74) is 1.74. The minimum atomic E-state index is -0.169. The molecule has 0 saturated carbocycles. The first-order valence-electron chi connectivity index (χ1n) is 4.33. The maximum Gasteiger partial charge on any atom is 0.255 e. The van der Waals surface area contributed by atoms with E-state index >= 15 is 0 Å². The van der Waals surface area contributed by atoms with Crippen molar-refractivity contribution >= 4 is 11.6 Å². The third-order valence-electron chi connectivity index (χ3n) is 1.87. The number of nitrogens with zero attached hydrogens (tertiary/aromatic N) is 4. The number of aromatic hydroxyl groups is 1. The summed E-state index contributed by atoms with van der Waals surface area (Å²) < 4.78 is 1.53. The highest BCUT2D eigenvalue weighted by atomic mass is 35.5. The van der Waals surface area contributed by atoms with E-state index in [9.17, 15) is 5.11 Å². The maximum atomic E-state index is 9.28. The van der Waals surface area contributed by atoms with Crippen LogP contribution in [0.4, 0.5) is 0 Å². The van der Waals surface area contributed by atoms with Crippen LogP contribution in [0.1, 0.15) is 11.4 Å². The topological polar surface area (TPSA) is 63.8 Å². The van der Waals surface area contributed by atoms with Crippen LogP contribution in [-0.2, 0) is 0 Å². The van der Waals surface area contributed by atoms with E-state index in [1.807, 2.05) is 19.9 Å². The Labute approximate surface area is 91.4 Å². The highest BCUT2D eigenvalue weighted by Crippen LogP contribution is 2.15. The third kappa shape index (κ3) is 1.92. The van der Waals surface area contributed by atoms with E-state index < -0.39 is 0 Å². The Balaban J connectivity index is 2.58. The van der Waals surface area contributed by atoms with Crippen molar-refractivity contribution in [1.82, 2.24) is 19.7 Å². The van der Waals surface area contributed by atoms with Gasteiger partial charge in [0.05, 0.1) is 5.69 Å². The third-order valence-corrected chi connectivity index (χ3v) is 2.06. The quantitative estimate of drug-likeness (QED) is 0.748. The van der Waals surface area contributed by atoms with Gasteiger partial charge in [-0.25, -0.2) is 4.68 Å². The molecule has 0 aliphatic rings. The second-order valence-electron chi connectivity index (χ2n) is 3.19. The second kappa shape index (κ2) is 3.51. The molecule has 2 aromatic heterocycles. The lowest BCUT2D eigenvalue weighted by Crippen LogP contribution is -2.04. The fourth-order valence-electron chi connectivity index (χ4n) is 1.32. The molecule has 2 rings (SSSR count). The lowest BCUT2D eigenvalue weighted by atomic mass is 10.4. The molecule has 0 spiro atoms. The van der Waals surface area contributed by atoms with Crippen molar-refractivity contribution < 1.29 is 5.11 Å². The van der Waals surface area contributed by atoms with Crippen LogP contribution in [0.5, 0.6) is 5.88 Å². The lowest BCUT2D eigenvalue weighted by Gasteiger charge is -2.02. The average molecular weight is 225 g/mol. The number of aryl methyl sites for hydroxylation is 2. The highest BCUT2D eigenvalue weighted by molar-refractivity contribution is 6.29. The molecule has 0 aliphatic heterocycles. The zero-order valence-corrected chi connectivity index (χ0v) is 9.02. The van der Waals surface area contributed by atoms with Gasteiger partial charge in [0.2, 0.25) is 5.88 Å². The molecule has 5 nitrogen and oxygen atoms in total. The Morgan fingerprint density at radius 3 is 2.53 bits per heavy atom. The molecule has 0 aromatic carbocycles. The SMILES string of the molecule is Cc1cc(C)n(-c2nc(O)cc(Cl)n2)n1. The van der Waals surface area contributed by atoms with Gasteiger partial charge in [0.15, 0.2) is 0 Å². The van der Waals surface area contributed by atoms with Gasteiger partial charge in [-0.1, -0.05) is 11.6 Å². The smallest absolute Gasteiger partial charge is 0.255 e. The van der Waals surface area contributed by atoms with Crippen LogP contribution >= 0.6 is 11.6 Å². The molecule has 0 atom stereocenters. The Morgan fingerprint density at radius 2 is 2.00 bits per heavy atom. The summed E-state index contributed by atoms with van der Waals surface area (Å²) in [6.07, 6.45) is 0. The van der Waals surface area contributed by atoms with Gasteiger partial charge in [-0.15, -0.1) is 0 Å². The zero-order valence-electron chi connectivity index (χ0n) is 8.27. The Kier molecular flexibility index (Phi) is 2.32. The van der Waals surface area contributed by atoms with Crippen molar-refractivity contribution in [2.24, 2.45) is 0 Å². The van der Waals surface area contributed by atoms with E-state index in [1.54, 1.807) is 0 Å². The number of aromatic nitrogens is 4. The Hall–Kier alpha value is -1.62. The summed E-state index contributed by atoms with van der Waals surface area (Å²) in [6.45, 7) is 3.75. The molecular weight excluding hydrogens is 216 g/mol. The minimum Gasteiger partial charge on any atom is -0.493 e. The summed E-state index contributed by atoms with van der Waals surface area (Å²) in [5.74, 6) is 0.100. The molecule has 2 aromatic rings. The molecule has 2 heterocycles. The fourth-order valence-corrected chi connectivity index (χ4v) is 1.49. The molecule has 0 bridgehead atoms. The van der Waals surface area contributed by atoms with Crippen LogP contribution < -0.4 is 0 Å². The molecule has 0 fully saturated rings. The number of hydrogen-bond donors (Lipinski definition) is 1. The van der Waals surface area contributed by atoms with Gasteiger partial charge in [-0.05, 0) is 19.9 Å². The van der Waals surface area contributed by atoms with Gasteiger partial charge in [0.1, 0.15) is 5.15 Å². The molecular formula is C9H9ClN4O. The molecule has 0 aliphatic carbocycles. The molecule has 78 valence electrons. The standard InChI is InChI=1S/C9H9ClN4O/c1-5-3-6(2)14(13-5)9-11-7(10)4-8(15)12-9/h3-4H,1-2H3,(H,11,12,15). The van der Waals surface area contributed by atoms with E-state index in [2.05, 4.69) is 15.1 Å². The van der Waals surface area contributed by atoms with Crippen LogP contribution in [0.15, 0.2) is 12.1 Å². The van der Waals surface area contributed by atoms with E-state index in [4.69, 9.17) is 11.6 Å². The number of rotatable bonds is 1. The van der Waals surface area contributed by atoms with E-state index in [0.717, 1.165) is 11.4 Å². The second-order valence-corrected chi connectivity index (χ2v) is 3.58. The summed E-state index contributed by atoms with van der Waals surface area (Å²) in [7, 11) is 0. The summed E-state index contributed by atoms with van der Waals surface area (Å²) in [4.78, 5) is 7.81. The molecule has 6 heteroatoms. The molecule has 0 radical (unpaired) electrons. The molecule has 0 unspecified atom stereocenters. The van der Waals surface area contributed by atoms with Gasteiger partial charge in [-0.2, -0.15) is 15.1 Å². The van der Waals surface area contributed by atoms with Gasteiger partial charge < -0.3 is 5.11 Å². The van der Waals surface area contributed by atoms with E-state index in [0.29, 0.717) is 0 Å². The first-order chi connectivity index (χ1) is 7.06. The van der Waals surface area contributed by atoms with Gasteiger partial charge in [0.25, 0.3) is 5.95 Å². The first kappa shape index (κ1) is 9.92. The average Bonchev–Trinajstić information content (AvgIpc) is 2.43. The van der Waals surface area contributed by atoms with Crippen molar-refractivity contribution in [1.29, 1.82) is 0 Å². The monoisotopic (exact) mass is 224 g/mol. The van der Waals surface area contributed by atoms with Gasteiger partial charge in [0, 0.05) is 11.8 Å². The summed E-state index contributed by atoms with van der Waals surface area (Å²) in [5, 5.41) is 13.6. The van der Waals surface area contributed by atoms with E-state index in [-0.39, 0.29) is 17.0 Å². The van der Waals surface area contributed by atoms with Crippen LogP contribution in [0, 0.1) is 13.8 Å². The zero-order chi connectivity index (χ0) is 11.0. The maximum absolute atomic E-state index is 9.28. The molecule has 0 amide bonds. The Morgan fingerprint density at radius 1 is 1.27 bits per heavy atom. The van der Waals surface area contributed by atoms with Gasteiger partial charge in [-0.3, -0.25) is 0 Å². The van der Waals surface area contributed by atoms with Crippen LogP contribution in [0.2, 0.25) is 5.15 Å². The van der Waals surface area contributed by atoms with Crippen molar-refractivity contribution in [3.8, 4) is 11.8 Å². The fraction of sp³-hybridized carbons (Fsp3) is 0.222. The van der Waals surface area contributed by atoms with Crippen molar-refractivity contribution in [3.63, 3.8) is 0 Å². The first-order valence-corrected chi connectivity index (χ1v) is 4.71. The van der Waals surface area contributed by atoms with Crippen LogP contribution in [-0.4, -0.2) is 24.9 Å². The number of halogens is 1. The van der Waals surface area contributed by atoms with Crippen molar-refractivity contribution in [2.45, 2.75) is 13.8 Å². The van der Waals surface area contributed by atoms with Crippen molar-refractivity contribution in [3.05, 3.63) is 28.7 Å². The molecule has 1 N–H and O–H groups in total. The van der Waals surface area contributed by atoms with Crippen LogP contribution in [0.3, 0.4) is 0 Å². The molecule has 0 saturated heterocycles. The van der Waals surface area contributed by atoms with Gasteiger partial charge >= 0.3 is 0 Å². The predicted octanol–water partition coefficient (Wildman–Crippen LogP) is 1.64. The lowest BCUT2D eigenvalue weighted by molar-refractivity contribution is 0.449. The molecule has 15 heavy (non-hydrogen) atoms. The highest BCUT2D eigenvalue weighted by Gasteiger charge is 2.08. The van der Waals surface area contributed by atoms with E-state index in [1.165, 1.54) is 10.7 Å². The minimum absolute atomic E-state index is 0.169. The normalized spacial score (nSPS) is 10.6. The largest absolute Gasteiger partial charge is 0.493 e. The predicted molar refractivity (Wildman–Crippen MR) is 55.3 cm³/mol. The summed E-state index contributed by atoms with van der Waals surface area (Å²) in [6, 6.07) is 3.16. The Bertz CT molecular complexity index is 489. The summed E-state index contributed by atoms with van der Waals surface area (Å²) >= 11 is 5.71. The van der Waals surface area contributed by atoms with Crippen molar-refractivity contribution in [2.75, 3.05) is 0 Å².